The molecule has 17 heavy (non-hydrogen) atoms. The van der Waals surface area contributed by atoms with E-state index in [0.29, 0.717) is 6.54 Å². The molecule has 0 aromatic heterocycles. The third kappa shape index (κ3) is 4.50. The first-order valence-corrected chi connectivity index (χ1v) is 6.63. The van der Waals surface area contributed by atoms with Crippen LogP contribution < -0.4 is 5.32 Å². The summed E-state index contributed by atoms with van der Waals surface area (Å²) in [5, 5.41) is 2.76. The van der Waals surface area contributed by atoms with Crippen molar-refractivity contribution in [3.05, 3.63) is 34.9 Å². The number of hydrogen-bond donors (Lipinski definition) is 1. The summed E-state index contributed by atoms with van der Waals surface area (Å²) in [6.07, 6.45) is 0.868. The van der Waals surface area contributed by atoms with Gasteiger partial charge in [0.25, 0.3) is 4.82 Å². The average molecular weight is 298 g/mol. The molecule has 0 bridgehead atoms. The fraction of sp³-hybridized carbons (Fsp3) is 0.500. The van der Waals surface area contributed by atoms with E-state index >= 15 is 0 Å². The zero-order valence-corrected chi connectivity index (χ0v) is 12.5. The molecule has 0 radical (unpaired) electrons. The van der Waals surface area contributed by atoms with Gasteiger partial charge < -0.3 is 5.32 Å². The average Bonchev–Trinajstić information content (AvgIpc) is 2.18. The van der Waals surface area contributed by atoms with Crippen molar-refractivity contribution in [2.24, 2.45) is 0 Å². The summed E-state index contributed by atoms with van der Waals surface area (Å²) >= 11 is 2.86. The first kappa shape index (κ1) is 14.2. The van der Waals surface area contributed by atoms with Crippen LogP contribution in [0.4, 0.5) is 4.79 Å². The van der Waals surface area contributed by atoms with E-state index in [1.54, 1.807) is 0 Å². The first-order valence-electron chi connectivity index (χ1n) is 5.84. The van der Waals surface area contributed by atoms with E-state index in [1.807, 2.05) is 0 Å². The van der Waals surface area contributed by atoms with Gasteiger partial charge in [-0.2, -0.15) is 0 Å². The number of aryl methyl sites for hydroxylation is 1. The highest BCUT2D eigenvalue weighted by Gasteiger charge is 2.14. The summed E-state index contributed by atoms with van der Waals surface area (Å²) in [5.74, 6) is 0. The molecular formula is C14H20BrNO. The van der Waals surface area contributed by atoms with E-state index in [4.69, 9.17) is 0 Å². The smallest absolute Gasteiger partial charge is 0.287 e. The molecule has 1 amide bonds. The van der Waals surface area contributed by atoms with E-state index in [-0.39, 0.29) is 10.2 Å². The van der Waals surface area contributed by atoms with Crippen LogP contribution in [0.15, 0.2) is 18.2 Å². The SMILES string of the molecule is Cc1ccc(C(C)(C)C)cc1CCNC(=O)Br. The largest absolute Gasteiger partial charge is 0.346 e. The van der Waals surface area contributed by atoms with Gasteiger partial charge in [-0.1, -0.05) is 39.0 Å². The third-order valence-electron chi connectivity index (χ3n) is 2.87. The van der Waals surface area contributed by atoms with Crippen molar-refractivity contribution in [3.63, 3.8) is 0 Å². The van der Waals surface area contributed by atoms with Gasteiger partial charge in [0.2, 0.25) is 0 Å². The van der Waals surface area contributed by atoms with Crippen LogP contribution in [0.5, 0.6) is 0 Å². The fourth-order valence-corrected chi connectivity index (χ4v) is 1.90. The van der Waals surface area contributed by atoms with Gasteiger partial charge in [0.05, 0.1) is 0 Å². The van der Waals surface area contributed by atoms with E-state index in [1.165, 1.54) is 16.7 Å². The van der Waals surface area contributed by atoms with Crippen molar-refractivity contribution >= 4 is 20.7 Å². The molecule has 0 saturated carbocycles. The van der Waals surface area contributed by atoms with Gasteiger partial charge in [-0.05, 0) is 35.4 Å². The monoisotopic (exact) mass is 297 g/mol. The standard InChI is InChI=1S/C14H20BrNO/c1-10-5-6-12(14(2,3)4)9-11(10)7-8-16-13(15)17/h5-6,9H,7-8H2,1-4H3,(H,16,17). The van der Waals surface area contributed by atoms with Crippen molar-refractivity contribution in [2.75, 3.05) is 6.54 Å². The Morgan fingerprint density at radius 2 is 2.00 bits per heavy atom. The number of nitrogens with one attached hydrogen (secondary N) is 1. The molecule has 0 saturated heterocycles. The summed E-state index contributed by atoms with van der Waals surface area (Å²) < 4.78 is 0. The second kappa shape index (κ2) is 5.67. The molecule has 94 valence electrons. The Bertz CT molecular complexity index is 407. The molecule has 0 unspecified atom stereocenters. The lowest BCUT2D eigenvalue weighted by Gasteiger charge is -2.21. The number of carbonyl (C=O) groups excluding carboxylic acids is 1. The summed E-state index contributed by atoms with van der Waals surface area (Å²) in [5.41, 5.74) is 4.09. The van der Waals surface area contributed by atoms with E-state index < -0.39 is 0 Å². The highest BCUT2D eigenvalue weighted by Crippen LogP contribution is 2.24. The Kier molecular flexibility index (Phi) is 4.75. The zero-order chi connectivity index (χ0) is 13.1. The lowest BCUT2D eigenvalue weighted by atomic mass is 9.85. The van der Waals surface area contributed by atoms with E-state index in [2.05, 4.69) is 67.1 Å². The second-order valence-corrected chi connectivity index (χ2v) is 6.06. The lowest BCUT2D eigenvalue weighted by Crippen LogP contribution is -2.20. The van der Waals surface area contributed by atoms with Crippen LogP contribution in [0.25, 0.3) is 0 Å². The molecule has 3 heteroatoms. The van der Waals surface area contributed by atoms with E-state index in [9.17, 15) is 4.79 Å². The molecule has 0 heterocycles. The topological polar surface area (TPSA) is 29.1 Å². The van der Waals surface area contributed by atoms with Crippen molar-refractivity contribution in [1.82, 2.24) is 5.32 Å². The minimum absolute atomic E-state index is 0.151. The lowest BCUT2D eigenvalue weighted by molar-refractivity contribution is 0.262. The maximum absolute atomic E-state index is 10.8. The number of hydrogen-bond acceptors (Lipinski definition) is 1. The zero-order valence-electron chi connectivity index (χ0n) is 10.9. The quantitative estimate of drug-likeness (QED) is 0.664. The van der Waals surface area contributed by atoms with Gasteiger partial charge in [-0.15, -0.1) is 0 Å². The Morgan fingerprint density at radius 1 is 1.35 bits per heavy atom. The Balaban J connectivity index is 2.80. The molecule has 0 fully saturated rings. The van der Waals surface area contributed by atoms with Gasteiger partial charge >= 0.3 is 0 Å². The summed E-state index contributed by atoms with van der Waals surface area (Å²) in [6, 6.07) is 6.59. The molecule has 0 atom stereocenters. The summed E-state index contributed by atoms with van der Waals surface area (Å²) in [7, 11) is 0. The highest BCUT2D eigenvalue weighted by molar-refractivity contribution is 9.18. The van der Waals surface area contributed by atoms with Gasteiger partial charge in [-0.25, -0.2) is 0 Å². The molecule has 1 N–H and O–H groups in total. The van der Waals surface area contributed by atoms with Gasteiger partial charge in [-0.3, -0.25) is 4.79 Å². The highest BCUT2D eigenvalue weighted by atomic mass is 79.9. The molecule has 0 aliphatic rings. The molecule has 1 aromatic rings. The van der Waals surface area contributed by atoms with Gasteiger partial charge in [0.15, 0.2) is 0 Å². The molecule has 0 aliphatic heterocycles. The van der Waals surface area contributed by atoms with Crippen molar-refractivity contribution in [3.8, 4) is 0 Å². The van der Waals surface area contributed by atoms with Crippen LogP contribution in [-0.2, 0) is 11.8 Å². The minimum Gasteiger partial charge on any atom is -0.346 e. The Morgan fingerprint density at radius 3 is 2.53 bits per heavy atom. The Hall–Kier alpha value is -0.830. The maximum atomic E-state index is 10.8. The number of halogens is 1. The molecule has 2 nitrogen and oxygen atoms in total. The van der Waals surface area contributed by atoms with E-state index in [0.717, 1.165) is 6.42 Å². The third-order valence-corrected chi connectivity index (χ3v) is 3.15. The maximum Gasteiger partial charge on any atom is 0.287 e. The summed E-state index contributed by atoms with van der Waals surface area (Å²) in [6.45, 7) is 9.40. The Labute approximate surface area is 112 Å². The van der Waals surface area contributed by atoms with Crippen LogP contribution in [0, 0.1) is 6.92 Å². The molecule has 0 aliphatic carbocycles. The minimum atomic E-state index is -0.151. The van der Waals surface area contributed by atoms with Gasteiger partial charge in [0, 0.05) is 22.5 Å². The van der Waals surface area contributed by atoms with Crippen molar-refractivity contribution in [1.29, 1.82) is 0 Å². The molecule has 1 rings (SSSR count). The number of carbonyl (C=O) groups is 1. The second-order valence-electron chi connectivity index (χ2n) is 5.34. The van der Waals surface area contributed by atoms with Crippen LogP contribution in [0.1, 0.15) is 37.5 Å². The fourth-order valence-electron chi connectivity index (χ4n) is 1.70. The first-order chi connectivity index (χ1) is 7.80. The van der Waals surface area contributed by atoms with Crippen LogP contribution in [0.2, 0.25) is 0 Å². The summed E-state index contributed by atoms with van der Waals surface area (Å²) in [4.78, 5) is 10.6. The molecule has 1 aromatic carbocycles. The molecular weight excluding hydrogens is 278 g/mol. The predicted octanol–water partition coefficient (Wildman–Crippen LogP) is 3.94. The van der Waals surface area contributed by atoms with Gasteiger partial charge in [0.1, 0.15) is 0 Å². The van der Waals surface area contributed by atoms with Crippen molar-refractivity contribution < 1.29 is 4.79 Å². The van der Waals surface area contributed by atoms with Crippen LogP contribution in [-0.4, -0.2) is 11.4 Å². The predicted molar refractivity (Wildman–Crippen MR) is 75.9 cm³/mol. The number of amides is 1. The number of rotatable bonds is 3. The normalized spacial score (nSPS) is 11.4. The van der Waals surface area contributed by atoms with Crippen LogP contribution in [0.3, 0.4) is 0 Å². The number of benzene rings is 1. The van der Waals surface area contributed by atoms with Crippen LogP contribution >= 0.6 is 15.9 Å². The van der Waals surface area contributed by atoms with Crippen molar-refractivity contribution in [2.45, 2.75) is 39.5 Å². The molecule has 0 spiro atoms.